The third kappa shape index (κ3) is 3.48. The smallest absolute Gasteiger partial charge is 0.278 e. The summed E-state index contributed by atoms with van der Waals surface area (Å²) in [6, 6.07) is 3.26. The number of hydrogen-bond acceptors (Lipinski definition) is 5. The van der Waals surface area contributed by atoms with Gasteiger partial charge in [0.1, 0.15) is 0 Å². The summed E-state index contributed by atoms with van der Waals surface area (Å²) in [4.78, 5) is 31.6. The van der Waals surface area contributed by atoms with Crippen molar-refractivity contribution in [2.24, 2.45) is 0 Å². The molecule has 7 heteroatoms. The fourth-order valence-electron chi connectivity index (χ4n) is 1.45. The van der Waals surface area contributed by atoms with Crippen LogP contribution in [0.15, 0.2) is 42.1 Å². The summed E-state index contributed by atoms with van der Waals surface area (Å²) in [5.41, 5.74) is 0.491. The normalized spacial score (nSPS) is 10.4. The van der Waals surface area contributed by atoms with E-state index in [9.17, 15) is 9.59 Å². The van der Waals surface area contributed by atoms with Crippen LogP contribution < -0.4 is 10.6 Å². The Kier molecular flexibility index (Phi) is 4.56. The Balaban J connectivity index is 2.18. The molecule has 0 fully saturated rings. The minimum absolute atomic E-state index is 0.139. The Bertz CT molecular complexity index is 638. The highest BCUT2D eigenvalue weighted by atomic mass is 32.1. The van der Waals surface area contributed by atoms with Crippen molar-refractivity contribution in [3.63, 3.8) is 0 Å². The summed E-state index contributed by atoms with van der Waals surface area (Å²) < 4.78 is 0. The first kappa shape index (κ1) is 13.9. The molecule has 2 amide bonds. The molecule has 0 unspecified atom stereocenters. The lowest BCUT2D eigenvalue weighted by atomic mass is 10.2. The topological polar surface area (TPSA) is 84.0 Å². The zero-order valence-corrected chi connectivity index (χ0v) is 11.5. The van der Waals surface area contributed by atoms with E-state index in [4.69, 9.17) is 0 Å². The molecule has 102 valence electrons. The average Bonchev–Trinajstić information content (AvgIpc) is 2.92. The van der Waals surface area contributed by atoms with Crippen LogP contribution in [0.25, 0.3) is 0 Å². The molecule has 0 aliphatic carbocycles. The number of pyridine rings is 1. The van der Waals surface area contributed by atoms with Crippen molar-refractivity contribution < 1.29 is 9.59 Å². The first-order valence-corrected chi connectivity index (χ1v) is 6.68. The summed E-state index contributed by atoms with van der Waals surface area (Å²) in [6.07, 6.45) is 6.06. The molecular weight excluding hydrogens is 276 g/mol. The zero-order valence-electron chi connectivity index (χ0n) is 10.7. The van der Waals surface area contributed by atoms with Crippen LogP contribution in [-0.4, -0.2) is 21.8 Å². The molecule has 0 radical (unpaired) electrons. The predicted molar refractivity (Wildman–Crippen MR) is 77.7 cm³/mol. The quantitative estimate of drug-likeness (QED) is 0.845. The van der Waals surface area contributed by atoms with E-state index in [1.807, 2.05) is 0 Å². The van der Waals surface area contributed by atoms with Crippen molar-refractivity contribution in [3.05, 3.63) is 47.8 Å². The maximum Gasteiger partial charge on any atom is 0.278 e. The van der Waals surface area contributed by atoms with Gasteiger partial charge in [0.15, 0.2) is 10.8 Å². The van der Waals surface area contributed by atoms with Crippen LogP contribution in [0, 0.1) is 0 Å². The Morgan fingerprint density at radius 1 is 1.25 bits per heavy atom. The van der Waals surface area contributed by atoms with Crippen molar-refractivity contribution in [2.45, 2.75) is 6.92 Å². The highest BCUT2D eigenvalue weighted by molar-refractivity contribution is 7.13. The second kappa shape index (κ2) is 6.58. The van der Waals surface area contributed by atoms with E-state index in [2.05, 4.69) is 20.6 Å². The first-order chi connectivity index (χ1) is 9.70. The Hall–Kier alpha value is -2.54. The molecule has 2 rings (SSSR count). The number of amides is 2. The first-order valence-electron chi connectivity index (χ1n) is 5.80. The van der Waals surface area contributed by atoms with Crippen LogP contribution in [0.1, 0.15) is 17.4 Å². The van der Waals surface area contributed by atoms with Gasteiger partial charge in [0, 0.05) is 17.8 Å². The number of aromatic nitrogens is 2. The highest BCUT2D eigenvalue weighted by Crippen LogP contribution is 2.16. The number of anilines is 2. The van der Waals surface area contributed by atoms with E-state index in [1.54, 1.807) is 36.7 Å². The summed E-state index contributed by atoms with van der Waals surface area (Å²) in [6.45, 7) is 1.74. The molecule has 0 aliphatic heterocycles. The highest BCUT2D eigenvalue weighted by Gasteiger charge is 2.14. The molecular formula is C13H12N4O2S. The summed E-state index contributed by atoms with van der Waals surface area (Å²) in [7, 11) is 0. The van der Waals surface area contributed by atoms with Gasteiger partial charge in [-0.05, 0) is 25.1 Å². The fourth-order valence-corrected chi connectivity index (χ4v) is 1.98. The SMILES string of the molecule is C/C=C/C(=O)Nc1cccnc1C(=O)Nc1nccs1. The Labute approximate surface area is 119 Å². The number of allylic oxidation sites excluding steroid dienone is 1. The van der Waals surface area contributed by atoms with Crippen LogP contribution >= 0.6 is 11.3 Å². The number of carbonyl (C=O) groups excluding carboxylic acids is 2. The second-order valence-electron chi connectivity index (χ2n) is 3.68. The molecule has 20 heavy (non-hydrogen) atoms. The average molecular weight is 288 g/mol. The third-order valence-electron chi connectivity index (χ3n) is 2.25. The number of nitrogens with one attached hydrogen (secondary N) is 2. The van der Waals surface area contributed by atoms with Gasteiger partial charge in [-0.25, -0.2) is 9.97 Å². The predicted octanol–water partition coefficient (Wildman–Crippen LogP) is 2.30. The fraction of sp³-hybridized carbons (Fsp3) is 0.0769. The van der Waals surface area contributed by atoms with Gasteiger partial charge in [0.05, 0.1) is 5.69 Å². The number of thiazole rings is 1. The van der Waals surface area contributed by atoms with Gasteiger partial charge in [0.25, 0.3) is 5.91 Å². The minimum atomic E-state index is -0.420. The second-order valence-corrected chi connectivity index (χ2v) is 4.57. The molecule has 0 atom stereocenters. The van der Waals surface area contributed by atoms with E-state index < -0.39 is 5.91 Å². The standard InChI is InChI=1S/C13H12N4O2S/c1-2-4-10(18)16-9-5-3-6-14-11(9)12(19)17-13-15-7-8-20-13/h2-8H,1H3,(H,16,18)(H,15,17,19)/b4-2+. The van der Waals surface area contributed by atoms with Crippen molar-refractivity contribution in [1.29, 1.82) is 0 Å². The van der Waals surface area contributed by atoms with E-state index in [0.717, 1.165) is 0 Å². The van der Waals surface area contributed by atoms with Crippen molar-refractivity contribution in [1.82, 2.24) is 9.97 Å². The van der Waals surface area contributed by atoms with Crippen molar-refractivity contribution >= 4 is 34.0 Å². The molecule has 0 bridgehead atoms. The van der Waals surface area contributed by atoms with Gasteiger partial charge >= 0.3 is 0 Å². The van der Waals surface area contributed by atoms with Gasteiger partial charge in [-0.3, -0.25) is 14.9 Å². The molecule has 2 heterocycles. The summed E-state index contributed by atoms with van der Waals surface area (Å²) in [5, 5.41) is 7.46. The van der Waals surface area contributed by atoms with Gasteiger partial charge in [0.2, 0.25) is 5.91 Å². The van der Waals surface area contributed by atoms with Gasteiger partial charge in [-0.15, -0.1) is 11.3 Å². The Morgan fingerprint density at radius 2 is 2.10 bits per heavy atom. The van der Waals surface area contributed by atoms with Crippen LogP contribution in [0.5, 0.6) is 0 Å². The van der Waals surface area contributed by atoms with E-state index in [1.165, 1.54) is 23.6 Å². The Morgan fingerprint density at radius 3 is 2.80 bits per heavy atom. The molecule has 0 aromatic carbocycles. The van der Waals surface area contributed by atoms with Gasteiger partial charge < -0.3 is 5.32 Å². The number of carbonyl (C=O) groups is 2. The number of nitrogens with zero attached hydrogens (tertiary/aromatic N) is 2. The lowest BCUT2D eigenvalue weighted by molar-refractivity contribution is -0.111. The van der Waals surface area contributed by atoms with Crippen LogP contribution in [0.2, 0.25) is 0 Å². The van der Waals surface area contributed by atoms with Crippen molar-refractivity contribution in [3.8, 4) is 0 Å². The van der Waals surface area contributed by atoms with E-state index in [-0.39, 0.29) is 11.6 Å². The van der Waals surface area contributed by atoms with E-state index >= 15 is 0 Å². The molecule has 6 nitrogen and oxygen atoms in total. The van der Waals surface area contributed by atoms with Gasteiger partial charge in [-0.2, -0.15) is 0 Å². The molecule has 2 aromatic heterocycles. The maximum absolute atomic E-state index is 12.1. The monoisotopic (exact) mass is 288 g/mol. The lowest BCUT2D eigenvalue weighted by Gasteiger charge is -2.07. The van der Waals surface area contributed by atoms with E-state index in [0.29, 0.717) is 10.8 Å². The molecule has 0 saturated carbocycles. The number of hydrogen-bond donors (Lipinski definition) is 2. The molecule has 2 aromatic rings. The molecule has 0 spiro atoms. The molecule has 2 N–H and O–H groups in total. The minimum Gasteiger partial charge on any atom is -0.320 e. The summed E-state index contributed by atoms with van der Waals surface area (Å²) in [5.74, 6) is -0.736. The molecule has 0 saturated heterocycles. The van der Waals surface area contributed by atoms with Crippen LogP contribution in [-0.2, 0) is 4.79 Å². The summed E-state index contributed by atoms with van der Waals surface area (Å²) >= 11 is 1.30. The van der Waals surface area contributed by atoms with Crippen LogP contribution in [0.3, 0.4) is 0 Å². The van der Waals surface area contributed by atoms with Crippen LogP contribution in [0.4, 0.5) is 10.8 Å². The van der Waals surface area contributed by atoms with Gasteiger partial charge in [-0.1, -0.05) is 6.08 Å². The zero-order chi connectivity index (χ0) is 14.4. The number of rotatable bonds is 4. The van der Waals surface area contributed by atoms with Crippen molar-refractivity contribution in [2.75, 3.05) is 10.6 Å². The largest absolute Gasteiger partial charge is 0.320 e. The lowest BCUT2D eigenvalue weighted by Crippen LogP contribution is -2.18. The molecule has 0 aliphatic rings. The maximum atomic E-state index is 12.1. The third-order valence-corrected chi connectivity index (χ3v) is 2.94.